The maximum atomic E-state index is 11.0. The van der Waals surface area contributed by atoms with Gasteiger partial charge in [-0.05, 0) is 49.8 Å². The van der Waals surface area contributed by atoms with Crippen LogP contribution in [0.15, 0.2) is 18.2 Å². The van der Waals surface area contributed by atoms with Crippen LogP contribution in [-0.4, -0.2) is 23.7 Å². The van der Waals surface area contributed by atoms with Crippen molar-refractivity contribution in [1.29, 1.82) is 0 Å². The molecule has 1 aromatic rings. The van der Waals surface area contributed by atoms with E-state index in [1.807, 2.05) is 6.07 Å². The van der Waals surface area contributed by atoms with E-state index in [0.29, 0.717) is 11.7 Å². The van der Waals surface area contributed by atoms with E-state index in [0.717, 1.165) is 18.2 Å². The zero-order valence-electron chi connectivity index (χ0n) is 11.7. The molecule has 1 saturated heterocycles. The Labute approximate surface area is 119 Å². The highest BCUT2D eigenvalue weighted by Crippen LogP contribution is 2.39. The van der Waals surface area contributed by atoms with Crippen molar-refractivity contribution < 1.29 is 9.90 Å². The molecule has 1 saturated carbocycles. The normalized spacial score (nSPS) is 23.4. The lowest BCUT2D eigenvalue weighted by atomic mass is 9.95. The van der Waals surface area contributed by atoms with E-state index in [1.54, 1.807) is 12.1 Å². The summed E-state index contributed by atoms with van der Waals surface area (Å²) in [4.78, 5) is 13.4. The average molecular weight is 274 g/mol. The van der Waals surface area contributed by atoms with Gasteiger partial charge in [0.05, 0.1) is 16.9 Å². The minimum atomic E-state index is -0.919. The summed E-state index contributed by atoms with van der Waals surface area (Å²) in [6, 6.07) is 5.72. The molecule has 108 valence electrons. The number of aromatic carboxylic acids is 1. The molecule has 0 aromatic heterocycles. The van der Waals surface area contributed by atoms with Gasteiger partial charge in [-0.3, -0.25) is 0 Å². The van der Waals surface area contributed by atoms with Crippen molar-refractivity contribution in [3.05, 3.63) is 23.8 Å². The fourth-order valence-corrected chi connectivity index (χ4v) is 3.87. The molecule has 0 spiro atoms. The number of anilines is 2. The van der Waals surface area contributed by atoms with Gasteiger partial charge in [-0.25, -0.2) is 4.79 Å². The monoisotopic (exact) mass is 274 g/mol. The highest BCUT2D eigenvalue weighted by Gasteiger charge is 2.34. The second-order valence-corrected chi connectivity index (χ2v) is 6.03. The summed E-state index contributed by atoms with van der Waals surface area (Å²) in [5.74, 6) is -0.131. The van der Waals surface area contributed by atoms with Gasteiger partial charge >= 0.3 is 5.97 Å². The number of benzene rings is 1. The number of hydrogen-bond acceptors (Lipinski definition) is 3. The second-order valence-electron chi connectivity index (χ2n) is 6.03. The lowest BCUT2D eigenvalue weighted by Gasteiger charge is -2.32. The Morgan fingerprint density at radius 1 is 1.20 bits per heavy atom. The first-order valence-electron chi connectivity index (χ1n) is 7.56. The molecule has 20 heavy (non-hydrogen) atoms. The van der Waals surface area contributed by atoms with Crippen molar-refractivity contribution in [2.75, 3.05) is 17.2 Å². The molecule has 1 unspecified atom stereocenters. The van der Waals surface area contributed by atoms with Crippen LogP contribution in [-0.2, 0) is 0 Å². The largest absolute Gasteiger partial charge is 0.478 e. The SMILES string of the molecule is Nc1cc(C(=O)O)ccc1N1CCCC1C1CCCC1. The molecule has 4 heteroatoms. The third-order valence-electron chi connectivity index (χ3n) is 4.83. The van der Waals surface area contributed by atoms with Crippen LogP contribution in [0.1, 0.15) is 48.9 Å². The molecule has 1 aliphatic carbocycles. The van der Waals surface area contributed by atoms with Crippen molar-refractivity contribution >= 4 is 17.3 Å². The van der Waals surface area contributed by atoms with Gasteiger partial charge in [0.15, 0.2) is 0 Å². The number of nitrogen functional groups attached to an aromatic ring is 1. The standard InChI is InChI=1S/C16H22N2O2/c17-13-10-12(16(19)20)7-8-15(13)18-9-3-6-14(18)11-4-1-2-5-11/h7-8,10-11,14H,1-6,9,17H2,(H,19,20). The van der Waals surface area contributed by atoms with E-state index in [2.05, 4.69) is 4.90 Å². The predicted octanol–water partition coefficient (Wildman–Crippen LogP) is 3.13. The summed E-state index contributed by atoms with van der Waals surface area (Å²) in [5, 5.41) is 9.02. The topological polar surface area (TPSA) is 66.6 Å². The summed E-state index contributed by atoms with van der Waals surface area (Å²) in [6.45, 7) is 1.04. The van der Waals surface area contributed by atoms with E-state index in [9.17, 15) is 4.79 Å². The Bertz CT molecular complexity index is 509. The minimum Gasteiger partial charge on any atom is -0.478 e. The average Bonchev–Trinajstić information content (AvgIpc) is 3.09. The molecule has 1 aliphatic heterocycles. The van der Waals surface area contributed by atoms with Gasteiger partial charge in [0.2, 0.25) is 0 Å². The zero-order valence-corrected chi connectivity index (χ0v) is 11.7. The summed E-state index contributed by atoms with van der Waals surface area (Å²) < 4.78 is 0. The maximum absolute atomic E-state index is 11.0. The predicted molar refractivity (Wildman–Crippen MR) is 80.1 cm³/mol. The van der Waals surface area contributed by atoms with Crippen molar-refractivity contribution in [2.45, 2.75) is 44.6 Å². The van der Waals surface area contributed by atoms with Gasteiger partial charge in [-0.1, -0.05) is 12.8 Å². The third kappa shape index (κ3) is 2.35. The molecule has 3 N–H and O–H groups in total. The molecule has 1 heterocycles. The van der Waals surface area contributed by atoms with E-state index in [-0.39, 0.29) is 5.56 Å². The van der Waals surface area contributed by atoms with Crippen LogP contribution >= 0.6 is 0 Å². The van der Waals surface area contributed by atoms with Gasteiger partial charge < -0.3 is 15.7 Å². The first kappa shape index (κ1) is 13.3. The lowest BCUT2D eigenvalue weighted by Crippen LogP contribution is -2.35. The number of nitrogens with two attached hydrogens (primary N) is 1. The van der Waals surface area contributed by atoms with Gasteiger partial charge in [0.25, 0.3) is 0 Å². The summed E-state index contributed by atoms with van der Waals surface area (Å²) in [6.07, 6.45) is 7.81. The number of rotatable bonds is 3. The van der Waals surface area contributed by atoms with E-state index in [4.69, 9.17) is 10.8 Å². The van der Waals surface area contributed by atoms with Crippen LogP contribution in [0.5, 0.6) is 0 Å². The number of carboxylic acid groups (broad SMARTS) is 1. The molecule has 1 atom stereocenters. The highest BCUT2D eigenvalue weighted by molar-refractivity contribution is 5.90. The molecule has 0 amide bonds. The summed E-state index contributed by atoms with van der Waals surface area (Å²) in [5.41, 5.74) is 7.97. The first-order chi connectivity index (χ1) is 9.66. The Hall–Kier alpha value is -1.71. The number of hydrogen-bond donors (Lipinski definition) is 2. The fourth-order valence-electron chi connectivity index (χ4n) is 3.87. The number of carboxylic acids is 1. The van der Waals surface area contributed by atoms with E-state index in [1.165, 1.54) is 38.5 Å². The molecule has 0 radical (unpaired) electrons. The van der Waals surface area contributed by atoms with Crippen molar-refractivity contribution in [2.24, 2.45) is 5.92 Å². The van der Waals surface area contributed by atoms with Crippen molar-refractivity contribution in [3.63, 3.8) is 0 Å². The lowest BCUT2D eigenvalue weighted by molar-refractivity contribution is 0.0697. The Morgan fingerprint density at radius 3 is 2.60 bits per heavy atom. The zero-order chi connectivity index (χ0) is 14.1. The Balaban J connectivity index is 1.85. The minimum absolute atomic E-state index is 0.267. The van der Waals surface area contributed by atoms with E-state index >= 15 is 0 Å². The van der Waals surface area contributed by atoms with Crippen molar-refractivity contribution in [1.82, 2.24) is 0 Å². The smallest absolute Gasteiger partial charge is 0.335 e. The quantitative estimate of drug-likeness (QED) is 0.831. The molecular weight excluding hydrogens is 252 g/mol. The second kappa shape index (κ2) is 5.35. The van der Waals surface area contributed by atoms with Crippen LogP contribution in [0.2, 0.25) is 0 Å². The van der Waals surface area contributed by atoms with Gasteiger partial charge in [0, 0.05) is 12.6 Å². The van der Waals surface area contributed by atoms with Crippen LogP contribution in [0, 0.1) is 5.92 Å². The van der Waals surface area contributed by atoms with Gasteiger partial charge in [-0.15, -0.1) is 0 Å². The number of nitrogens with zero attached hydrogens (tertiary/aromatic N) is 1. The molecule has 1 aromatic carbocycles. The van der Waals surface area contributed by atoms with Crippen LogP contribution in [0.25, 0.3) is 0 Å². The van der Waals surface area contributed by atoms with Crippen LogP contribution in [0.3, 0.4) is 0 Å². The Morgan fingerprint density at radius 2 is 1.95 bits per heavy atom. The fraction of sp³-hybridized carbons (Fsp3) is 0.562. The van der Waals surface area contributed by atoms with Crippen LogP contribution in [0.4, 0.5) is 11.4 Å². The highest BCUT2D eigenvalue weighted by atomic mass is 16.4. The molecule has 4 nitrogen and oxygen atoms in total. The Kier molecular flexibility index (Phi) is 3.55. The van der Waals surface area contributed by atoms with Crippen molar-refractivity contribution in [3.8, 4) is 0 Å². The number of carbonyl (C=O) groups is 1. The maximum Gasteiger partial charge on any atom is 0.335 e. The summed E-state index contributed by atoms with van der Waals surface area (Å²) in [7, 11) is 0. The molecule has 2 fully saturated rings. The third-order valence-corrected chi connectivity index (χ3v) is 4.83. The summed E-state index contributed by atoms with van der Waals surface area (Å²) >= 11 is 0. The van der Waals surface area contributed by atoms with Gasteiger partial charge in [0.1, 0.15) is 0 Å². The van der Waals surface area contributed by atoms with E-state index < -0.39 is 5.97 Å². The molecule has 3 rings (SSSR count). The van der Waals surface area contributed by atoms with Gasteiger partial charge in [-0.2, -0.15) is 0 Å². The molecule has 0 bridgehead atoms. The first-order valence-corrected chi connectivity index (χ1v) is 7.56. The molecular formula is C16H22N2O2. The van der Waals surface area contributed by atoms with Crippen LogP contribution < -0.4 is 10.6 Å². The molecule has 2 aliphatic rings.